The summed E-state index contributed by atoms with van der Waals surface area (Å²) in [6.45, 7) is 4.46. The summed E-state index contributed by atoms with van der Waals surface area (Å²) in [7, 11) is 1.59. The topological polar surface area (TPSA) is 84.6 Å². The average Bonchev–Trinajstić information content (AvgIpc) is 3.29. The highest BCUT2D eigenvalue weighted by Gasteiger charge is 2.36. The van der Waals surface area contributed by atoms with Crippen LogP contribution in [-0.4, -0.2) is 64.2 Å². The fourth-order valence-electron chi connectivity index (χ4n) is 4.03. The highest BCUT2D eigenvalue weighted by molar-refractivity contribution is 5.91. The number of nitrogens with zero attached hydrogens (tertiary/aromatic N) is 5. The number of carbonyl (C=O) groups excluding carboxylic acids is 1. The van der Waals surface area contributed by atoms with Gasteiger partial charge in [-0.3, -0.25) is 9.69 Å². The van der Waals surface area contributed by atoms with E-state index < -0.39 is 0 Å². The highest BCUT2D eigenvalue weighted by Crippen LogP contribution is 2.32. The van der Waals surface area contributed by atoms with Crippen molar-refractivity contribution in [2.75, 3.05) is 33.3 Å². The van der Waals surface area contributed by atoms with Gasteiger partial charge in [-0.15, -0.1) is 5.10 Å². The van der Waals surface area contributed by atoms with Crippen molar-refractivity contribution >= 4 is 5.91 Å². The Morgan fingerprint density at radius 1 is 1.23 bits per heavy atom. The maximum atomic E-state index is 12.5. The molecule has 0 N–H and O–H groups in total. The number of methoxy groups -OCH3 is 1. The molecule has 8 nitrogen and oxygen atoms in total. The minimum Gasteiger partial charge on any atom is -0.480 e. The Bertz CT molecular complexity index is 718. The molecule has 0 spiro atoms. The molecule has 2 saturated heterocycles. The zero-order valence-electron chi connectivity index (χ0n) is 14.9. The first-order chi connectivity index (χ1) is 12.7. The molecule has 2 aliphatic rings. The lowest BCUT2D eigenvalue weighted by Gasteiger charge is -2.21. The van der Waals surface area contributed by atoms with Crippen molar-refractivity contribution in [1.82, 2.24) is 25.0 Å². The monoisotopic (exact) mass is 357 g/mol. The van der Waals surface area contributed by atoms with Crippen LogP contribution in [0.3, 0.4) is 0 Å². The minimum absolute atomic E-state index is 0.0240. The molecule has 0 aliphatic carbocycles. The molecule has 0 aromatic carbocycles. The van der Waals surface area contributed by atoms with Gasteiger partial charge in [0.05, 0.1) is 12.8 Å². The Labute approximate surface area is 152 Å². The summed E-state index contributed by atoms with van der Waals surface area (Å²) >= 11 is 0. The van der Waals surface area contributed by atoms with Crippen LogP contribution in [0.2, 0.25) is 0 Å². The van der Waals surface area contributed by atoms with E-state index in [4.69, 9.17) is 9.15 Å². The van der Waals surface area contributed by atoms with Crippen LogP contribution in [0.1, 0.15) is 29.0 Å². The maximum Gasteiger partial charge on any atom is 0.275 e. The Kier molecular flexibility index (Phi) is 4.83. The molecule has 0 unspecified atom stereocenters. The molecule has 0 radical (unpaired) electrons. The van der Waals surface area contributed by atoms with Crippen LogP contribution in [0.15, 0.2) is 29.2 Å². The van der Waals surface area contributed by atoms with E-state index >= 15 is 0 Å². The van der Waals surface area contributed by atoms with E-state index in [9.17, 15) is 4.79 Å². The van der Waals surface area contributed by atoms with Gasteiger partial charge in [-0.1, -0.05) is 0 Å². The number of rotatable bonds is 4. The molecule has 0 bridgehead atoms. The number of oxazole rings is 1. The molecule has 26 heavy (non-hydrogen) atoms. The first-order valence-electron chi connectivity index (χ1n) is 8.99. The number of hydrogen-bond donors (Lipinski definition) is 0. The van der Waals surface area contributed by atoms with Crippen molar-refractivity contribution < 1.29 is 13.9 Å². The SMILES string of the molecule is COc1ccc(CN2C[C@H]3CCN(C(=O)c4cocn4)CC[C@H]3C2)nn1. The summed E-state index contributed by atoms with van der Waals surface area (Å²) in [6, 6.07) is 3.82. The number of amides is 1. The van der Waals surface area contributed by atoms with E-state index in [1.54, 1.807) is 7.11 Å². The van der Waals surface area contributed by atoms with Crippen LogP contribution < -0.4 is 4.74 Å². The third kappa shape index (κ3) is 3.55. The Balaban J connectivity index is 1.32. The second kappa shape index (κ2) is 7.41. The van der Waals surface area contributed by atoms with Crippen LogP contribution in [0, 0.1) is 11.8 Å². The molecule has 4 rings (SSSR count). The molecule has 138 valence electrons. The summed E-state index contributed by atoms with van der Waals surface area (Å²) in [5, 5.41) is 8.27. The molecule has 2 fully saturated rings. The highest BCUT2D eigenvalue weighted by atomic mass is 16.5. The molecule has 1 amide bonds. The smallest absolute Gasteiger partial charge is 0.275 e. The number of hydrogen-bond acceptors (Lipinski definition) is 7. The number of ether oxygens (including phenoxy) is 1. The van der Waals surface area contributed by atoms with E-state index in [1.165, 1.54) is 12.7 Å². The first kappa shape index (κ1) is 17.0. The zero-order chi connectivity index (χ0) is 17.9. The van der Waals surface area contributed by atoms with Crippen molar-refractivity contribution in [2.24, 2.45) is 11.8 Å². The van der Waals surface area contributed by atoms with Gasteiger partial charge in [-0.2, -0.15) is 5.10 Å². The minimum atomic E-state index is -0.0240. The lowest BCUT2D eigenvalue weighted by Crippen LogP contribution is -2.33. The van der Waals surface area contributed by atoms with E-state index in [0.29, 0.717) is 23.4 Å². The summed E-state index contributed by atoms with van der Waals surface area (Å²) in [6.07, 6.45) is 4.78. The fraction of sp³-hybridized carbons (Fsp3) is 0.556. The molecule has 2 atom stereocenters. The Hall–Kier alpha value is -2.48. The number of likely N-dealkylation sites (tertiary alicyclic amines) is 2. The Morgan fingerprint density at radius 2 is 2.00 bits per heavy atom. The molecular formula is C18H23N5O3. The van der Waals surface area contributed by atoms with Gasteiger partial charge in [-0.05, 0) is 30.7 Å². The summed E-state index contributed by atoms with van der Waals surface area (Å²) < 4.78 is 9.99. The molecule has 4 heterocycles. The first-order valence-corrected chi connectivity index (χ1v) is 8.99. The van der Waals surface area contributed by atoms with Crippen molar-refractivity contribution in [3.8, 4) is 5.88 Å². The van der Waals surface area contributed by atoms with Crippen LogP contribution >= 0.6 is 0 Å². The van der Waals surface area contributed by atoms with Crippen molar-refractivity contribution in [3.63, 3.8) is 0 Å². The molecular weight excluding hydrogens is 334 g/mol. The van der Waals surface area contributed by atoms with Gasteiger partial charge in [0.15, 0.2) is 12.1 Å². The standard InChI is InChI=1S/C18H23N5O3/c1-25-17-3-2-15(20-21-17)10-22-8-13-4-6-23(7-5-14(13)9-22)18(24)16-11-26-12-19-16/h2-3,11-14H,4-10H2,1H3/t13-,14+. The van der Waals surface area contributed by atoms with Gasteiger partial charge in [0.2, 0.25) is 5.88 Å². The normalized spacial score (nSPS) is 23.5. The lowest BCUT2D eigenvalue weighted by atomic mass is 9.92. The molecule has 2 aromatic rings. The van der Waals surface area contributed by atoms with E-state index in [0.717, 1.165) is 51.3 Å². The third-order valence-electron chi connectivity index (χ3n) is 5.42. The number of fused-ring (bicyclic) bond motifs is 1. The predicted octanol–water partition coefficient (Wildman–Crippen LogP) is 1.46. The predicted molar refractivity (Wildman–Crippen MR) is 92.5 cm³/mol. The molecule has 2 aliphatic heterocycles. The van der Waals surface area contributed by atoms with Crippen LogP contribution in [-0.2, 0) is 6.54 Å². The van der Waals surface area contributed by atoms with Gasteiger partial charge in [-0.25, -0.2) is 4.98 Å². The number of carbonyl (C=O) groups is 1. The lowest BCUT2D eigenvalue weighted by molar-refractivity contribution is 0.0750. The van der Waals surface area contributed by atoms with Crippen LogP contribution in [0.25, 0.3) is 0 Å². The van der Waals surface area contributed by atoms with Crippen molar-refractivity contribution in [3.05, 3.63) is 36.2 Å². The van der Waals surface area contributed by atoms with Gasteiger partial charge >= 0.3 is 0 Å². The third-order valence-corrected chi connectivity index (χ3v) is 5.42. The molecule has 2 aromatic heterocycles. The largest absolute Gasteiger partial charge is 0.480 e. The Morgan fingerprint density at radius 3 is 2.58 bits per heavy atom. The van der Waals surface area contributed by atoms with Gasteiger partial charge in [0, 0.05) is 38.8 Å². The molecule has 8 heteroatoms. The molecule has 0 saturated carbocycles. The summed E-state index contributed by atoms with van der Waals surface area (Å²) in [4.78, 5) is 20.8. The second-order valence-corrected chi connectivity index (χ2v) is 7.02. The quantitative estimate of drug-likeness (QED) is 0.819. The van der Waals surface area contributed by atoms with Crippen molar-refractivity contribution in [2.45, 2.75) is 19.4 Å². The number of aromatic nitrogens is 3. The van der Waals surface area contributed by atoms with Gasteiger partial charge < -0.3 is 14.1 Å². The van der Waals surface area contributed by atoms with E-state index in [2.05, 4.69) is 20.1 Å². The summed E-state index contributed by atoms with van der Waals surface area (Å²) in [5.74, 6) is 1.76. The van der Waals surface area contributed by atoms with Gasteiger partial charge in [0.25, 0.3) is 5.91 Å². The van der Waals surface area contributed by atoms with E-state index in [1.807, 2.05) is 17.0 Å². The summed E-state index contributed by atoms with van der Waals surface area (Å²) in [5.41, 5.74) is 1.36. The van der Waals surface area contributed by atoms with Crippen LogP contribution in [0.5, 0.6) is 5.88 Å². The van der Waals surface area contributed by atoms with Gasteiger partial charge in [0.1, 0.15) is 6.26 Å². The fourth-order valence-corrected chi connectivity index (χ4v) is 4.03. The van der Waals surface area contributed by atoms with Crippen molar-refractivity contribution in [1.29, 1.82) is 0 Å². The average molecular weight is 357 g/mol. The maximum absolute atomic E-state index is 12.5. The second-order valence-electron chi connectivity index (χ2n) is 7.02. The van der Waals surface area contributed by atoms with Crippen LogP contribution in [0.4, 0.5) is 0 Å². The van der Waals surface area contributed by atoms with E-state index in [-0.39, 0.29) is 5.91 Å². The zero-order valence-corrected chi connectivity index (χ0v) is 14.9.